The lowest BCUT2D eigenvalue weighted by Crippen LogP contribution is -2.12. The Bertz CT molecular complexity index is 1450. The van der Waals surface area contributed by atoms with Crippen molar-refractivity contribution >= 4 is 23.2 Å². The molecule has 0 saturated heterocycles. The number of halogens is 3. The van der Waals surface area contributed by atoms with Crippen LogP contribution >= 0.6 is 0 Å². The van der Waals surface area contributed by atoms with Crippen LogP contribution in [-0.2, 0) is 20.5 Å². The van der Waals surface area contributed by atoms with Crippen molar-refractivity contribution in [2.45, 2.75) is 38.8 Å². The van der Waals surface area contributed by atoms with E-state index in [0.29, 0.717) is 35.4 Å². The molecular weight excluding hydrogens is 487 g/mol. The number of fused-ring (bicyclic) bond motifs is 1. The zero-order chi connectivity index (χ0) is 26.6. The molecule has 0 aliphatic heterocycles. The van der Waals surface area contributed by atoms with Crippen LogP contribution in [0.25, 0.3) is 28.2 Å². The number of nitrogens with one attached hydrogen (secondary N) is 1. The highest BCUT2D eigenvalue weighted by Gasteiger charge is 2.35. The number of pyridine rings is 1. The second kappa shape index (κ2) is 10.8. The Balaban J connectivity index is 1.54. The van der Waals surface area contributed by atoms with E-state index in [2.05, 4.69) is 25.1 Å². The highest BCUT2D eigenvalue weighted by atomic mass is 19.4. The number of nitrogens with zero attached hydrogens (tertiary/aromatic N) is 4. The van der Waals surface area contributed by atoms with Crippen molar-refractivity contribution in [3.8, 4) is 22.5 Å². The lowest BCUT2D eigenvalue weighted by Gasteiger charge is -2.10. The minimum atomic E-state index is -4.61. The van der Waals surface area contributed by atoms with Crippen LogP contribution in [0.1, 0.15) is 36.9 Å². The van der Waals surface area contributed by atoms with E-state index in [-0.39, 0.29) is 36.0 Å². The second-order valence-corrected chi connectivity index (χ2v) is 8.41. The zero-order valence-electron chi connectivity index (χ0n) is 20.2. The molecule has 8 nitrogen and oxygen atoms in total. The van der Waals surface area contributed by atoms with Gasteiger partial charge in [0, 0.05) is 35.9 Å². The van der Waals surface area contributed by atoms with Crippen molar-refractivity contribution < 1.29 is 27.5 Å². The average Bonchev–Trinajstić information content (AvgIpc) is 3.30. The van der Waals surface area contributed by atoms with Gasteiger partial charge in [-0.3, -0.25) is 14.6 Å². The molecule has 0 spiro atoms. The van der Waals surface area contributed by atoms with Crippen LogP contribution in [-0.4, -0.2) is 38.6 Å². The quantitative estimate of drug-likeness (QED) is 0.249. The Morgan fingerprint density at radius 1 is 1.05 bits per heavy atom. The Morgan fingerprint density at radius 3 is 2.59 bits per heavy atom. The summed E-state index contributed by atoms with van der Waals surface area (Å²) in [4.78, 5) is 31.6. The van der Waals surface area contributed by atoms with Gasteiger partial charge in [-0.2, -0.15) is 18.3 Å². The van der Waals surface area contributed by atoms with E-state index >= 15 is 0 Å². The summed E-state index contributed by atoms with van der Waals surface area (Å²) in [6.07, 6.45) is -0.276. The smallest absolute Gasteiger partial charge is 0.434 e. The minimum Gasteiger partial charge on any atom is -0.469 e. The highest BCUT2D eigenvalue weighted by molar-refractivity contribution is 5.92. The summed E-state index contributed by atoms with van der Waals surface area (Å²) in [5.74, 6) is -0.484. The lowest BCUT2D eigenvalue weighted by atomic mass is 10.1. The molecule has 1 amide bonds. The molecule has 0 bridgehead atoms. The van der Waals surface area contributed by atoms with Gasteiger partial charge in [-0.25, -0.2) is 9.50 Å². The van der Waals surface area contributed by atoms with Gasteiger partial charge >= 0.3 is 12.1 Å². The average molecular weight is 512 g/mol. The van der Waals surface area contributed by atoms with E-state index in [4.69, 9.17) is 0 Å². The van der Waals surface area contributed by atoms with Crippen molar-refractivity contribution in [1.29, 1.82) is 0 Å². The molecule has 1 N–H and O–H groups in total. The number of alkyl halides is 3. The van der Waals surface area contributed by atoms with E-state index in [1.165, 1.54) is 29.8 Å². The zero-order valence-corrected chi connectivity index (χ0v) is 20.2. The maximum Gasteiger partial charge on any atom is 0.434 e. The molecule has 0 atom stereocenters. The van der Waals surface area contributed by atoms with Crippen LogP contribution in [0.5, 0.6) is 0 Å². The molecule has 0 radical (unpaired) electrons. The van der Waals surface area contributed by atoms with Crippen molar-refractivity contribution in [1.82, 2.24) is 19.6 Å². The fourth-order valence-electron chi connectivity index (χ4n) is 3.79. The number of rotatable bonds is 8. The summed E-state index contributed by atoms with van der Waals surface area (Å²) in [6.45, 7) is 1.86. The molecule has 0 unspecified atom stereocenters. The number of aryl methyl sites for hydroxylation is 1. The first-order valence-electron chi connectivity index (χ1n) is 11.5. The summed E-state index contributed by atoms with van der Waals surface area (Å²) in [7, 11) is 1.33. The molecule has 11 heteroatoms. The van der Waals surface area contributed by atoms with Crippen molar-refractivity contribution in [2.75, 3.05) is 12.4 Å². The summed E-state index contributed by atoms with van der Waals surface area (Å²) in [5, 5.41) is 7.21. The highest BCUT2D eigenvalue weighted by Crippen LogP contribution is 2.34. The standard InChI is InChI=1S/C26H24F3N5O3/c1-16-9-10-17(14-20(16)32-23(35)7-3-4-8-24(36)37-2)21-15-34-22(31-21)12-11-19(33-34)18-6-5-13-30-25(18)26(27,28)29/h5-6,9-15H,3-4,7-8H2,1-2H3,(H,32,35). The Morgan fingerprint density at radius 2 is 1.84 bits per heavy atom. The maximum absolute atomic E-state index is 13.4. The molecule has 37 heavy (non-hydrogen) atoms. The number of anilines is 1. The number of ether oxygens (including phenoxy) is 1. The van der Waals surface area contributed by atoms with E-state index in [9.17, 15) is 22.8 Å². The van der Waals surface area contributed by atoms with E-state index in [1.54, 1.807) is 18.3 Å². The normalized spacial score (nSPS) is 11.5. The van der Waals surface area contributed by atoms with E-state index in [1.807, 2.05) is 19.1 Å². The molecule has 1 aromatic carbocycles. The van der Waals surface area contributed by atoms with Gasteiger partial charge < -0.3 is 10.1 Å². The number of aromatic nitrogens is 4. The third-order valence-corrected chi connectivity index (χ3v) is 5.74. The number of hydrogen-bond acceptors (Lipinski definition) is 6. The predicted octanol–water partition coefficient (Wildman–Crippen LogP) is 5.46. The van der Waals surface area contributed by atoms with Crippen LogP contribution in [0.3, 0.4) is 0 Å². The summed E-state index contributed by atoms with van der Waals surface area (Å²) >= 11 is 0. The van der Waals surface area contributed by atoms with Crippen molar-refractivity contribution in [3.05, 3.63) is 66.1 Å². The number of amides is 1. The number of unbranched alkanes of at least 4 members (excludes halogenated alkanes) is 1. The van der Waals surface area contributed by atoms with Crippen molar-refractivity contribution in [3.63, 3.8) is 0 Å². The van der Waals surface area contributed by atoms with Gasteiger partial charge in [-0.15, -0.1) is 0 Å². The van der Waals surface area contributed by atoms with Gasteiger partial charge in [0.15, 0.2) is 11.3 Å². The predicted molar refractivity (Wildman–Crippen MR) is 131 cm³/mol. The summed E-state index contributed by atoms with van der Waals surface area (Å²) < 4.78 is 46.2. The van der Waals surface area contributed by atoms with Crippen LogP contribution in [0.4, 0.5) is 18.9 Å². The first kappa shape index (κ1) is 25.8. The van der Waals surface area contributed by atoms with Gasteiger partial charge in [0.25, 0.3) is 0 Å². The molecule has 0 fully saturated rings. The van der Waals surface area contributed by atoms with Crippen molar-refractivity contribution in [2.24, 2.45) is 0 Å². The molecule has 0 saturated carbocycles. The summed E-state index contributed by atoms with van der Waals surface area (Å²) in [5.41, 5.74) is 2.15. The minimum absolute atomic E-state index is 0.112. The lowest BCUT2D eigenvalue weighted by molar-refractivity contribution is -0.141. The molecule has 0 aliphatic carbocycles. The molecular formula is C26H24F3N5O3. The largest absolute Gasteiger partial charge is 0.469 e. The molecule has 3 aromatic heterocycles. The van der Waals surface area contributed by atoms with Gasteiger partial charge in [-0.1, -0.05) is 12.1 Å². The topological polar surface area (TPSA) is 98.5 Å². The number of benzene rings is 1. The molecule has 192 valence electrons. The Labute approximate surface area is 210 Å². The number of esters is 1. The number of imidazole rings is 1. The molecule has 4 rings (SSSR count). The number of carbonyl (C=O) groups is 2. The van der Waals surface area contributed by atoms with E-state index in [0.717, 1.165) is 11.8 Å². The fourth-order valence-corrected chi connectivity index (χ4v) is 3.79. The van der Waals surface area contributed by atoms with Gasteiger partial charge in [0.2, 0.25) is 5.91 Å². The summed E-state index contributed by atoms with van der Waals surface area (Å²) in [6, 6.07) is 11.3. The third kappa shape index (κ3) is 6.11. The van der Waals surface area contributed by atoms with Gasteiger partial charge in [0.05, 0.1) is 24.7 Å². The number of carbonyl (C=O) groups excluding carboxylic acids is 2. The monoisotopic (exact) mass is 511 g/mol. The maximum atomic E-state index is 13.4. The van der Waals surface area contributed by atoms with Crippen LogP contribution in [0, 0.1) is 6.92 Å². The number of methoxy groups -OCH3 is 1. The Hall–Kier alpha value is -4.28. The SMILES string of the molecule is COC(=O)CCCCC(=O)Nc1cc(-c2cn3nc(-c4cccnc4C(F)(F)F)ccc3n2)ccc1C. The molecule has 4 aromatic rings. The third-order valence-electron chi connectivity index (χ3n) is 5.74. The molecule has 0 aliphatic rings. The first-order chi connectivity index (χ1) is 17.7. The van der Waals surface area contributed by atoms with Crippen LogP contribution < -0.4 is 5.32 Å². The van der Waals surface area contributed by atoms with E-state index < -0.39 is 11.9 Å². The molecule has 3 heterocycles. The Kier molecular flexibility index (Phi) is 7.51. The van der Waals surface area contributed by atoms with Gasteiger partial charge in [-0.05, 0) is 55.7 Å². The first-order valence-corrected chi connectivity index (χ1v) is 11.5. The van der Waals surface area contributed by atoms with Gasteiger partial charge in [0.1, 0.15) is 0 Å². The van der Waals surface area contributed by atoms with Crippen LogP contribution in [0.15, 0.2) is 54.9 Å². The fraction of sp³-hybridized carbons (Fsp3) is 0.269. The second-order valence-electron chi connectivity index (χ2n) is 8.41. The number of hydrogen-bond donors (Lipinski definition) is 1. The van der Waals surface area contributed by atoms with Crippen LogP contribution in [0.2, 0.25) is 0 Å².